The van der Waals surface area contributed by atoms with Crippen molar-refractivity contribution < 1.29 is 4.79 Å². The summed E-state index contributed by atoms with van der Waals surface area (Å²) in [7, 11) is 0. The maximum Gasteiger partial charge on any atom is 0.246 e. The van der Waals surface area contributed by atoms with Crippen LogP contribution >= 0.6 is 0 Å². The summed E-state index contributed by atoms with van der Waals surface area (Å²) in [4.78, 5) is 14.2. The third-order valence-corrected chi connectivity index (χ3v) is 4.95. The Morgan fingerprint density at radius 1 is 0.778 bits per heavy atom. The minimum atomic E-state index is 0.170. The molecule has 0 radical (unpaired) electrons. The van der Waals surface area contributed by atoms with Crippen molar-refractivity contribution in [1.29, 1.82) is 0 Å². The SMILES string of the molecule is CC(C)=CCC/C(C)=C/CC/C(C)=C/CC/C(C)=C/C(=O)N1CCNCC1. The number of hydrogen-bond donors (Lipinski definition) is 1. The maximum atomic E-state index is 12.2. The van der Waals surface area contributed by atoms with Gasteiger partial charge in [-0.1, -0.05) is 40.5 Å². The zero-order valence-electron chi connectivity index (χ0n) is 18.2. The lowest BCUT2D eigenvalue weighted by atomic mass is 10.0. The minimum Gasteiger partial charge on any atom is -0.337 e. The fraction of sp³-hybridized carbons (Fsp3) is 0.625. The van der Waals surface area contributed by atoms with Crippen LogP contribution in [0.4, 0.5) is 0 Å². The fourth-order valence-electron chi connectivity index (χ4n) is 3.14. The van der Waals surface area contributed by atoms with E-state index < -0.39 is 0 Å². The lowest BCUT2D eigenvalue weighted by Gasteiger charge is -2.26. The number of amides is 1. The molecule has 3 nitrogen and oxygen atoms in total. The molecule has 1 N–H and O–H groups in total. The molecule has 0 aromatic heterocycles. The first-order valence-corrected chi connectivity index (χ1v) is 10.5. The van der Waals surface area contributed by atoms with Crippen molar-refractivity contribution in [2.45, 2.75) is 73.1 Å². The van der Waals surface area contributed by atoms with E-state index in [9.17, 15) is 4.79 Å². The summed E-state index contributed by atoms with van der Waals surface area (Å²) >= 11 is 0. The summed E-state index contributed by atoms with van der Waals surface area (Å²) in [6.07, 6.45) is 15.4. The molecule has 0 spiro atoms. The van der Waals surface area contributed by atoms with Gasteiger partial charge in [0.2, 0.25) is 5.91 Å². The summed E-state index contributed by atoms with van der Waals surface area (Å²) in [5, 5.41) is 3.28. The first kappa shape index (κ1) is 23.4. The molecule has 0 aliphatic carbocycles. The molecule has 0 saturated carbocycles. The molecule has 0 unspecified atom stereocenters. The molecule has 1 fully saturated rings. The third-order valence-electron chi connectivity index (χ3n) is 4.95. The van der Waals surface area contributed by atoms with E-state index in [4.69, 9.17) is 0 Å². The Labute approximate surface area is 167 Å². The van der Waals surface area contributed by atoms with E-state index in [1.807, 2.05) is 11.0 Å². The molecular formula is C24H40N2O. The fourth-order valence-corrected chi connectivity index (χ4v) is 3.14. The lowest BCUT2D eigenvalue weighted by molar-refractivity contribution is -0.126. The molecule has 0 aromatic carbocycles. The van der Waals surface area contributed by atoms with Gasteiger partial charge in [0, 0.05) is 32.3 Å². The standard InChI is InChI=1S/C24H40N2O/c1-20(2)9-6-10-21(3)11-7-12-22(4)13-8-14-23(5)19-24(27)26-17-15-25-16-18-26/h9,11,13,19,25H,6-8,10,12,14-18H2,1-5H3/b21-11+,22-13+,23-19+. The van der Waals surface area contributed by atoms with Gasteiger partial charge in [0.15, 0.2) is 0 Å². The van der Waals surface area contributed by atoms with Gasteiger partial charge in [0.1, 0.15) is 0 Å². The van der Waals surface area contributed by atoms with Crippen molar-refractivity contribution in [2.75, 3.05) is 26.2 Å². The average molecular weight is 373 g/mol. The van der Waals surface area contributed by atoms with Crippen LogP contribution in [0.25, 0.3) is 0 Å². The molecule has 0 atom stereocenters. The highest BCUT2D eigenvalue weighted by molar-refractivity contribution is 5.88. The zero-order valence-corrected chi connectivity index (χ0v) is 18.2. The molecule has 0 bridgehead atoms. The van der Waals surface area contributed by atoms with Crippen LogP contribution in [-0.2, 0) is 4.79 Å². The summed E-state index contributed by atoms with van der Waals surface area (Å²) in [5.41, 5.74) is 5.52. The predicted octanol–water partition coefficient (Wildman–Crippen LogP) is 5.56. The predicted molar refractivity (Wildman–Crippen MR) is 118 cm³/mol. The number of allylic oxidation sites excluding steroid dienone is 7. The Hall–Kier alpha value is -1.61. The zero-order chi connectivity index (χ0) is 20.1. The van der Waals surface area contributed by atoms with Crippen LogP contribution in [0.1, 0.15) is 73.1 Å². The van der Waals surface area contributed by atoms with Gasteiger partial charge in [-0.25, -0.2) is 0 Å². The van der Waals surface area contributed by atoms with Gasteiger partial charge < -0.3 is 10.2 Å². The number of nitrogens with one attached hydrogen (secondary N) is 1. The number of rotatable bonds is 10. The monoisotopic (exact) mass is 372 g/mol. The molecule has 0 aromatic rings. The number of nitrogens with zero attached hydrogens (tertiary/aromatic N) is 1. The largest absolute Gasteiger partial charge is 0.337 e. The van der Waals surface area contributed by atoms with Crippen molar-refractivity contribution in [3.05, 3.63) is 46.6 Å². The van der Waals surface area contributed by atoms with Crippen molar-refractivity contribution in [3.63, 3.8) is 0 Å². The smallest absolute Gasteiger partial charge is 0.246 e. The third kappa shape index (κ3) is 11.7. The molecule has 3 heteroatoms. The molecule has 1 rings (SSSR count). The van der Waals surface area contributed by atoms with Gasteiger partial charge >= 0.3 is 0 Å². The number of piperazine rings is 1. The van der Waals surface area contributed by atoms with Crippen molar-refractivity contribution in [2.24, 2.45) is 0 Å². The molecule has 1 aliphatic rings. The first-order valence-electron chi connectivity index (χ1n) is 10.5. The minimum absolute atomic E-state index is 0.170. The van der Waals surface area contributed by atoms with Gasteiger partial charge in [-0.15, -0.1) is 0 Å². The normalized spacial score (nSPS) is 16.5. The van der Waals surface area contributed by atoms with E-state index >= 15 is 0 Å². The molecule has 152 valence electrons. The molecule has 1 saturated heterocycles. The van der Waals surface area contributed by atoms with Crippen LogP contribution in [-0.4, -0.2) is 37.0 Å². The highest BCUT2D eigenvalue weighted by Crippen LogP contribution is 2.13. The molecule has 1 heterocycles. The van der Waals surface area contributed by atoms with Gasteiger partial charge in [0.05, 0.1) is 0 Å². The maximum absolute atomic E-state index is 12.2. The van der Waals surface area contributed by atoms with Crippen LogP contribution in [0, 0.1) is 0 Å². The van der Waals surface area contributed by atoms with Crippen LogP contribution in [0.5, 0.6) is 0 Å². The first-order chi connectivity index (χ1) is 12.9. The van der Waals surface area contributed by atoms with E-state index in [-0.39, 0.29) is 5.91 Å². The van der Waals surface area contributed by atoms with E-state index in [2.05, 4.69) is 58.2 Å². The Bertz CT molecular complexity index is 571. The highest BCUT2D eigenvalue weighted by Gasteiger charge is 2.13. The van der Waals surface area contributed by atoms with Crippen LogP contribution < -0.4 is 5.32 Å². The summed E-state index contributed by atoms with van der Waals surface area (Å²) < 4.78 is 0. The van der Waals surface area contributed by atoms with Crippen LogP contribution in [0.15, 0.2) is 46.6 Å². The van der Waals surface area contributed by atoms with Gasteiger partial charge in [-0.2, -0.15) is 0 Å². The number of hydrogen-bond acceptors (Lipinski definition) is 2. The van der Waals surface area contributed by atoms with Crippen molar-refractivity contribution >= 4 is 5.91 Å². The summed E-state index contributed by atoms with van der Waals surface area (Å²) in [6, 6.07) is 0. The number of carbonyl (C=O) groups excluding carboxylic acids is 1. The van der Waals surface area contributed by atoms with Gasteiger partial charge in [-0.05, 0) is 73.1 Å². The van der Waals surface area contributed by atoms with E-state index in [1.54, 1.807) is 0 Å². The lowest BCUT2D eigenvalue weighted by Crippen LogP contribution is -2.45. The molecule has 1 aliphatic heterocycles. The second-order valence-electron chi connectivity index (χ2n) is 8.06. The molecular weight excluding hydrogens is 332 g/mol. The van der Waals surface area contributed by atoms with E-state index in [0.717, 1.165) is 58.3 Å². The Morgan fingerprint density at radius 2 is 1.26 bits per heavy atom. The molecule has 1 amide bonds. The van der Waals surface area contributed by atoms with Crippen LogP contribution in [0.2, 0.25) is 0 Å². The van der Waals surface area contributed by atoms with Crippen LogP contribution in [0.3, 0.4) is 0 Å². The second-order valence-corrected chi connectivity index (χ2v) is 8.06. The highest BCUT2D eigenvalue weighted by atomic mass is 16.2. The van der Waals surface area contributed by atoms with E-state index in [1.165, 1.54) is 28.7 Å². The number of carbonyl (C=O) groups is 1. The Balaban J connectivity index is 2.27. The summed E-state index contributed by atoms with van der Waals surface area (Å²) in [5.74, 6) is 0.170. The topological polar surface area (TPSA) is 32.3 Å². The van der Waals surface area contributed by atoms with Crippen molar-refractivity contribution in [1.82, 2.24) is 10.2 Å². The van der Waals surface area contributed by atoms with E-state index in [0.29, 0.717) is 0 Å². The van der Waals surface area contributed by atoms with Gasteiger partial charge in [-0.3, -0.25) is 4.79 Å². The Kier molecular flexibility index (Phi) is 11.8. The second kappa shape index (κ2) is 13.5. The summed E-state index contributed by atoms with van der Waals surface area (Å²) in [6.45, 7) is 14.3. The Morgan fingerprint density at radius 3 is 1.78 bits per heavy atom. The quantitative estimate of drug-likeness (QED) is 0.402. The van der Waals surface area contributed by atoms with Crippen molar-refractivity contribution in [3.8, 4) is 0 Å². The average Bonchev–Trinajstić information content (AvgIpc) is 2.62. The molecule has 27 heavy (non-hydrogen) atoms. The van der Waals surface area contributed by atoms with Gasteiger partial charge in [0.25, 0.3) is 0 Å².